The Morgan fingerprint density at radius 2 is 1.88 bits per heavy atom. The number of piperidine rings is 1. The molecule has 1 N–H and O–H groups in total. The van der Waals surface area contributed by atoms with Gasteiger partial charge in [-0.05, 0) is 37.8 Å². The molecule has 2 aliphatic rings. The molecule has 3 heterocycles. The third-order valence-electron chi connectivity index (χ3n) is 4.86. The van der Waals surface area contributed by atoms with Gasteiger partial charge in [0.1, 0.15) is 5.82 Å². The molecule has 5 nitrogen and oxygen atoms in total. The van der Waals surface area contributed by atoms with E-state index in [4.69, 9.17) is 0 Å². The van der Waals surface area contributed by atoms with Crippen molar-refractivity contribution in [2.45, 2.75) is 32.7 Å². The van der Waals surface area contributed by atoms with Gasteiger partial charge in [-0.2, -0.15) is 0 Å². The zero-order valence-electron chi connectivity index (χ0n) is 14.4. The minimum absolute atomic E-state index is 0. The summed E-state index contributed by atoms with van der Waals surface area (Å²) in [6.07, 6.45) is 4.19. The van der Waals surface area contributed by atoms with E-state index >= 15 is 0 Å². The number of aromatic nitrogens is 1. The van der Waals surface area contributed by atoms with Crippen LogP contribution < -0.4 is 10.2 Å². The predicted octanol–water partition coefficient (Wildman–Crippen LogP) is 2.60. The van der Waals surface area contributed by atoms with E-state index in [1.54, 1.807) is 6.20 Å². The van der Waals surface area contributed by atoms with Crippen LogP contribution in [0.5, 0.6) is 0 Å². The Morgan fingerprint density at radius 1 is 1.17 bits per heavy atom. The first kappa shape index (κ1) is 21.0. The third-order valence-corrected chi connectivity index (χ3v) is 4.86. The van der Waals surface area contributed by atoms with Crippen LogP contribution in [-0.4, -0.2) is 54.6 Å². The molecule has 0 saturated carbocycles. The molecule has 1 aromatic heterocycles. The third kappa shape index (κ3) is 4.74. The van der Waals surface area contributed by atoms with Gasteiger partial charge in [-0.3, -0.25) is 4.79 Å². The smallest absolute Gasteiger partial charge is 0.255 e. The van der Waals surface area contributed by atoms with E-state index in [-0.39, 0.29) is 36.8 Å². The minimum Gasteiger partial charge on any atom is -0.357 e. The first-order chi connectivity index (χ1) is 10.6. The molecule has 0 spiro atoms. The van der Waals surface area contributed by atoms with E-state index < -0.39 is 0 Å². The van der Waals surface area contributed by atoms with Crippen LogP contribution in [0.1, 0.15) is 37.0 Å². The topological polar surface area (TPSA) is 48.5 Å². The molecule has 24 heavy (non-hydrogen) atoms. The highest BCUT2D eigenvalue weighted by molar-refractivity contribution is 5.94. The van der Waals surface area contributed by atoms with Gasteiger partial charge in [-0.1, -0.05) is 6.92 Å². The van der Waals surface area contributed by atoms with Gasteiger partial charge in [-0.25, -0.2) is 4.98 Å². The molecule has 0 radical (unpaired) electrons. The van der Waals surface area contributed by atoms with Gasteiger partial charge < -0.3 is 15.1 Å². The van der Waals surface area contributed by atoms with E-state index in [1.165, 1.54) is 12.8 Å². The summed E-state index contributed by atoms with van der Waals surface area (Å²) in [4.78, 5) is 21.4. The summed E-state index contributed by atoms with van der Waals surface area (Å²) in [5, 5.41) is 3.31. The highest BCUT2D eigenvalue weighted by Gasteiger charge is 2.24. The molecule has 0 bridgehead atoms. The predicted molar refractivity (Wildman–Crippen MR) is 103 cm³/mol. The second-order valence-electron chi connectivity index (χ2n) is 6.63. The summed E-state index contributed by atoms with van der Waals surface area (Å²) in [5.74, 6) is 1.91. The highest BCUT2D eigenvalue weighted by atomic mass is 35.5. The van der Waals surface area contributed by atoms with Gasteiger partial charge >= 0.3 is 0 Å². The molecule has 1 aromatic rings. The maximum atomic E-state index is 12.6. The molecular weight excluding hydrogens is 347 g/mol. The summed E-state index contributed by atoms with van der Waals surface area (Å²) in [6.45, 7) is 9.02. The highest BCUT2D eigenvalue weighted by Crippen LogP contribution is 2.21. The van der Waals surface area contributed by atoms with Crippen LogP contribution in [0.15, 0.2) is 18.3 Å². The fraction of sp³-hybridized carbons (Fsp3) is 0.647. The molecule has 7 heteroatoms. The van der Waals surface area contributed by atoms with Crippen LogP contribution in [-0.2, 0) is 0 Å². The molecule has 0 aliphatic carbocycles. The summed E-state index contributed by atoms with van der Waals surface area (Å²) in [7, 11) is 0. The van der Waals surface area contributed by atoms with Gasteiger partial charge in [0, 0.05) is 45.0 Å². The first-order valence-corrected chi connectivity index (χ1v) is 8.38. The monoisotopic (exact) mass is 374 g/mol. The SMILES string of the molecule is CC1CCN(c2ccc(C(=O)N3CCNC[C@H]3C)cn2)CC1.Cl.Cl. The summed E-state index contributed by atoms with van der Waals surface area (Å²) >= 11 is 0. The lowest BCUT2D eigenvalue weighted by Gasteiger charge is -2.34. The van der Waals surface area contributed by atoms with Gasteiger partial charge in [0.2, 0.25) is 0 Å². The van der Waals surface area contributed by atoms with Crippen LogP contribution >= 0.6 is 24.8 Å². The summed E-state index contributed by atoms with van der Waals surface area (Å²) < 4.78 is 0. The Hall–Kier alpha value is -1.04. The van der Waals surface area contributed by atoms with Crippen molar-refractivity contribution < 1.29 is 4.79 Å². The van der Waals surface area contributed by atoms with Crippen molar-refractivity contribution in [3.63, 3.8) is 0 Å². The van der Waals surface area contributed by atoms with Crippen LogP contribution in [0, 0.1) is 5.92 Å². The average Bonchev–Trinajstić information content (AvgIpc) is 2.56. The van der Waals surface area contributed by atoms with Crippen molar-refractivity contribution in [1.82, 2.24) is 15.2 Å². The Kier molecular flexibility index (Phi) is 8.27. The molecule has 2 saturated heterocycles. The van der Waals surface area contributed by atoms with Crippen LogP contribution in [0.25, 0.3) is 0 Å². The number of hydrogen-bond acceptors (Lipinski definition) is 4. The Labute approximate surface area is 157 Å². The second-order valence-corrected chi connectivity index (χ2v) is 6.63. The Balaban J connectivity index is 0.00000144. The van der Waals surface area contributed by atoms with Crippen molar-refractivity contribution in [1.29, 1.82) is 0 Å². The summed E-state index contributed by atoms with van der Waals surface area (Å²) in [5.41, 5.74) is 0.697. The fourth-order valence-corrected chi connectivity index (χ4v) is 3.25. The lowest BCUT2D eigenvalue weighted by atomic mass is 9.99. The fourth-order valence-electron chi connectivity index (χ4n) is 3.25. The molecule has 0 unspecified atom stereocenters. The molecule has 0 aromatic carbocycles. The quantitative estimate of drug-likeness (QED) is 0.863. The minimum atomic E-state index is 0. The van der Waals surface area contributed by atoms with Crippen molar-refractivity contribution >= 4 is 36.5 Å². The number of piperazine rings is 1. The first-order valence-electron chi connectivity index (χ1n) is 8.38. The maximum absolute atomic E-state index is 12.6. The van der Waals surface area contributed by atoms with Crippen molar-refractivity contribution in [3.05, 3.63) is 23.9 Å². The standard InChI is InChI=1S/C17H26N4O.2ClH/c1-13-5-8-20(9-6-13)16-4-3-15(12-19-16)17(22)21-10-7-18-11-14(21)2;;/h3-4,12-14,18H,5-11H2,1-2H3;2*1H/t14-;;/m1../s1. The number of nitrogens with one attached hydrogen (secondary N) is 1. The number of anilines is 1. The van der Waals surface area contributed by atoms with Crippen LogP contribution in [0.2, 0.25) is 0 Å². The number of halogens is 2. The van der Waals surface area contributed by atoms with Gasteiger partial charge in [-0.15, -0.1) is 24.8 Å². The Bertz CT molecular complexity index is 518. The van der Waals surface area contributed by atoms with Crippen molar-refractivity contribution in [3.8, 4) is 0 Å². The Morgan fingerprint density at radius 3 is 2.46 bits per heavy atom. The van der Waals surface area contributed by atoms with E-state index in [0.717, 1.165) is 44.5 Å². The van der Waals surface area contributed by atoms with E-state index in [9.17, 15) is 4.79 Å². The van der Waals surface area contributed by atoms with Crippen molar-refractivity contribution in [2.75, 3.05) is 37.6 Å². The zero-order valence-corrected chi connectivity index (χ0v) is 16.0. The molecule has 2 fully saturated rings. The number of carbonyl (C=O) groups excluding carboxylic acids is 1. The summed E-state index contributed by atoms with van der Waals surface area (Å²) in [6, 6.07) is 4.16. The van der Waals surface area contributed by atoms with Gasteiger partial charge in [0.15, 0.2) is 0 Å². The number of rotatable bonds is 2. The lowest BCUT2D eigenvalue weighted by molar-refractivity contribution is 0.0655. The number of nitrogens with zero attached hydrogens (tertiary/aromatic N) is 3. The van der Waals surface area contributed by atoms with Gasteiger partial charge in [0.05, 0.1) is 5.56 Å². The van der Waals surface area contributed by atoms with Crippen molar-refractivity contribution in [2.24, 2.45) is 5.92 Å². The molecular formula is C17H28Cl2N4O. The number of carbonyl (C=O) groups is 1. The average molecular weight is 375 g/mol. The van der Waals surface area contributed by atoms with Crippen LogP contribution in [0.3, 0.4) is 0 Å². The normalized spacial score (nSPS) is 21.7. The molecule has 3 rings (SSSR count). The zero-order chi connectivity index (χ0) is 15.5. The van der Waals surface area contributed by atoms with E-state index in [0.29, 0.717) is 5.56 Å². The molecule has 2 aliphatic heterocycles. The van der Waals surface area contributed by atoms with Gasteiger partial charge in [0.25, 0.3) is 5.91 Å². The second kappa shape index (κ2) is 9.44. The number of pyridine rings is 1. The maximum Gasteiger partial charge on any atom is 0.255 e. The molecule has 1 amide bonds. The largest absolute Gasteiger partial charge is 0.357 e. The number of amides is 1. The van der Waals surface area contributed by atoms with E-state index in [2.05, 4.69) is 29.0 Å². The van der Waals surface area contributed by atoms with Crippen LogP contribution in [0.4, 0.5) is 5.82 Å². The molecule has 1 atom stereocenters. The van der Waals surface area contributed by atoms with E-state index in [1.807, 2.05) is 17.0 Å². The molecule has 136 valence electrons. The lowest BCUT2D eigenvalue weighted by Crippen LogP contribution is -2.52. The number of hydrogen-bond donors (Lipinski definition) is 1.